The molecule has 0 fully saturated rings. The average molecular weight is 330 g/mol. The van der Waals surface area contributed by atoms with Gasteiger partial charge in [-0.05, 0) is 24.6 Å². The third-order valence-corrected chi connectivity index (χ3v) is 3.58. The zero-order valence-corrected chi connectivity index (χ0v) is 14.3. The predicted octanol–water partition coefficient (Wildman–Crippen LogP) is 2.43. The van der Waals surface area contributed by atoms with E-state index in [4.69, 9.17) is 10.3 Å². The zero-order chi connectivity index (χ0) is 17.9. The second kappa shape index (κ2) is 6.74. The van der Waals surface area contributed by atoms with E-state index in [1.807, 2.05) is 20.8 Å². The number of hydrogen-bond acceptors (Lipinski definition) is 5. The second-order valence-corrected chi connectivity index (χ2v) is 6.57. The number of primary amides is 1. The average Bonchev–Trinajstić information content (AvgIpc) is 2.94. The summed E-state index contributed by atoms with van der Waals surface area (Å²) in [5.41, 5.74) is 7.72. The number of nitrogens with one attached hydrogen (secondary N) is 2. The Kier molecular flexibility index (Phi) is 4.92. The van der Waals surface area contributed by atoms with Crippen molar-refractivity contribution in [1.29, 1.82) is 0 Å². The lowest BCUT2D eigenvalue weighted by Gasteiger charge is -2.12. The molecule has 2 aromatic rings. The number of carbonyl (C=O) groups excluding carboxylic acids is 2. The predicted molar refractivity (Wildman–Crippen MR) is 92.0 cm³/mol. The molecule has 0 spiro atoms. The SMILES string of the molecule is Cc1c(NCC(=O)Nc2cc(C(C)(C)C)no2)cccc1C(N)=O. The molecule has 1 aromatic carbocycles. The second-order valence-electron chi connectivity index (χ2n) is 6.57. The first kappa shape index (κ1) is 17.5. The van der Waals surface area contributed by atoms with Crippen molar-refractivity contribution in [1.82, 2.24) is 5.16 Å². The number of anilines is 2. The Bertz CT molecular complexity index is 759. The standard InChI is InChI=1S/C17H22N4O3/c1-10-11(16(18)23)6-5-7-12(10)19-9-14(22)20-15-8-13(21-24-15)17(2,3)4/h5-8,19H,9H2,1-4H3,(H2,18,23)(H,20,22). The van der Waals surface area contributed by atoms with E-state index in [9.17, 15) is 9.59 Å². The number of nitrogens with zero attached hydrogens (tertiary/aromatic N) is 1. The molecular formula is C17H22N4O3. The first-order valence-corrected chi connectivity index (χ1v) is 7.59. The first-order chi connectivity index (χ1) is 11.2. The maximum Gasteiger partial charge on any atom is 0.249 e. The van der Waals surface area contributed by atoms with Crippen LogP contribution in [0.2, 0.25) is 0 Å². The van der Waals surface area contributed by atoms with E-state index >= 15 is 0 Å². The van der Waals surface area contributed by atoms with E-state index in [1.165, 1.54) is 0 Å². The molecule has 0 saturated carbocycles. The Balaban J connectivity index is 1.98. The van der Waals surface area contributed by atoms with Crippen LogP contribution >= 0.6 is 0 Å². The quantitative estimate of drug-likeness (QED) is 0.780. The van der Waals surface area contributed by atoms with E-state index in [1.54, 1.807) is 31.2 Å². The van der Waals surface area contributed by atoms with Crippen LogP contribution in [0.15, 0.2) is 28.8 Å². The molecule has 7 heteroatoms. The summed E-state index contributed by atoms with van der Waals surface area (Å²) in [6.07, 6.45) is 0. The maximum atomic E-state index is 12.0. The number of nitrogens with two attached hydrogens (primary N) is 1. The molecule has 0 atom stereocenters. The Labute approximate surface area is 140 Å². The Hall–Kier alpha value is -2.83. The van der Waals surface area contributed by atoms with Gasteiger partial charge in [-0.2, -0.15) is 0 Å². The van der Waals surface area contributed by atoms with Crippen molar-refractivity contribution in [3.05, 3.63) is 41.1 Å². The van der Waals surface area contributed by atoms with E-state index in [0.717, 1.165) is 5.69 Å². The Morgan fingerprint density at radius 3 is 2.58 bits per heavy atom. The largest absolute Gasteiger partial charge is 0.376 e. The van der Waals surface area contributed by atoms with Crippen LogP contribution in [0.25, 0.3) is 0 Å². The molecule has 0 saturated heterocycles. The van der Waals surface area contributed by atoms with Crippen molar-refractivity contribution in [3.8, 4) is 0 Å². The summed E-state index contributed by atoms with van der Waals surface area (Å²) in [4.78, 5) is 23.4. The van der Waals surface area contributed by atoms with E-state index in [-0.39, 0.29) is 17.9 Å². The summed E-state index contributed by atoms with van der Waals surface area (Å²) in [5, 5.41) is 9.57. The van der Waals surface area contributed by atoms with Gasteiger partial charge in [-0.3, -0.25) is 14.9 Å². The molecule has 0 radical (unpaired) electrons. The van der Waals surface area contributed by atoms with Gasteiger partial charge in [0.1, 0.15) is 0 Å². The lowest BCUT2D eigenvalue weighted by molar-refractivity contribution is -0.114. The summed E-state index contributed by atoms with van der Waals surface area (Å²) >= 11 is 0. The third kappa shape index (κ3) is 4.13. The third-order valence-electron chi connectivity index (χ3n) is 3.58. The highest BCUT2D eigenvalue weighted by atomic mass is 16.5. The number of amides is 2. The van der Waals surface area contributed by atoms with Gasteiger partial charge >= 0.3 is 0 Å². The normalized spacial score (nSPS) is 11.2. The van der Waals surface area contributed by atoms with Crippen molar-refractivity contribution < 1.29 is 14.1 Å². The fourth-order valence-electron chi connectivity index (χ4n) is 2.14. The number of benzene rings is 1. The fourth-order valence-corrected chi connectivity index (χ4v) is 2.14. The molecule has 0 aliphatic rings. The van der Waals surface area contributed by atoms with Crippen molar-refractivity contribution in [2.45, 2.75) is 33.1 Å². The number of carbonyl (C=O) groups is 2. The van der Waals surface area contributed by atoms with E-state index in [0.29, 0.717) is 22.7 Å². The molecule has 0 unspecified atom stereocenters. The van der Waals surface area contributed by atoms with E-state index < -0.39 is 5.91 Å². The lowest BCUT2D eigenvalue weighted by Crippen LogP contribution is -2.22. The number of hydrogen-bond donors (Lipinski definition) is 3. The number of rotatable bonds is 5. The van der Waals surface area contributed by atoms with Crippen molar-refractivity contribution in [3.63, 3.8) is 0 Å². The first-order valence-electron chi connectivity index (χ1n) is 7.59. The van der Waals surface area contributed by atoms with Crippen molar-refractivity contribution in [2.75, 3.05) is 17.2 Å². The summed E-state index contributed by atoms with van der Waals surface area (Å²) in [7, 11) is 0. The molecule has 128 valence electrons. The monoisotopic (exact) mass is 330 g/mol. The minimum Gasteiger partial charge on any atom is -0.376 e. The highest BCUT2D eigenvalue weighted by Gasteiger charge is 2.19. The minimum absolute atomic E-state index is 0.0224. The summed E-state index contributed by atoms with van der Waals surface area (Å²) in [5.74, 6) is -0.484. The van der Waals surface area contributed by atoms with Gasteiger partial charge < -0.3 is 15.6 Å². The maximum absolute atomic E-state index is 12.0. The van der Waals surface area contributed by atoms with Crippen LogP contribution in [-0.2, 0) is 10.2 Å². The zero-order valence-electron chi connectivity index (χ0n) is 14.3. The van der Waals surface area contributed by atoms with Gasteiger partial charge in [0, 0.05) is 22.7 Å². The van der Waals surface area contributed by atoms with Crippen LogP contribution in [-0.4, -0.2) is 23.5 Å². The lowest BCUT2D eigenvalue weighted by atomic mass is 9.92. The summed E-state index contributed by atoms with van der Waals surface area (Å²) in [6.45, 7) is 7.81. The molecule has 1 aromatic heterocycles. The van der Waals surface area contributed by atoms with Crippen molar-refractivity contribution >= 4 is 23.4 Å². The summed E-state index contributed by atoms with van der Waals surface area (Å²) < 4.78 is 5.12. The van der Waals surface area contributed by atoms with Crippen LogP contribution in [0.4, 0.5) is 11.6 Å². The Morgan fingerprint density at radius 1 is 1.29 bits per heavy atom. The molecule has 0 bridgehead atoms. The van der Waals surface area contributed by atoms with Gasteiger partial charge in [-0.1, -0.05) is 32.0 Å². The van der Waals surface area contributed by atoms with Gasteiger partial charge in [0.25, 0.3) is 0 Å². The molecule has 0 aliphatic heterocycles. The van der Waals surface area contributed by atoms with Gasteiger partial charge in [-0.25, -0.2) is 0 Å². The molecule has 0 aliphatic carbocycles. The van der Waals surface area contributed by atoms with Gasteiger partial charge in [0.15, 0.2) is 0 Å². The van der Waals surface area contributed by atoms with E-state index in [2.05, 4.69) is 15.8 Å². The van der Waals surface area contributed by atoms with Crippen LogP contribution in [0.5, 0.6) is 0 Å². The van der Waals surface area contributed by atoms with Gasteiger partial charge in [0.05, 0.1) is 12.2 Å². The highest BCUT2D eigenvalue weighted by Crippen LogP contribution is 2.23. The minimum atomic E-state index is -0.503. The smallest absolute Gasteiger partial charge is 0.249 e. The summed E-state index contributed by atoms with van der Waals surface area (Å²) in [6, 6.07) is 6.84. The van der Waals surface area contributed by atoms with Crippen LogP contribution in [0, 0.1) is 6.92 Å². The van der Waals surface area contributed by atoms with Crippen LogP contribution < -0.4 is 16.4 Å². The molecular weight excluding hydrogens is 308 g/mol. The van der Waals surface area contributed by atoms with Gasteiger partial charge in [0.2, 0.25) is 17.7 Å². The highest BCUT2D eigenvalue weighted by molar-refractivity contribution is 5.96. The topological polar surface area (TPSA) is 110 Å². The molecule has 2 amide bonds. The number of aromatic nitrogens is 1. The van der Waals surface area contributed by atoms with Crippen molar-refractivity contribution in [2.24, 2.45) is 5.73 Å². The molecule has 4 N–H and O–H groups in total. The Morgan fingerprint density at radius 2 is 2.00 bits per heavy atom. The van der Waals surface area contributed by atoms with Gasteiger partial charge in [-0.15, -0.1) is 0 Å². The molecule has 7 nitrogen and oxygen atoms in total. The molecule has 2 rings (SSSR count). The van der Waals surface area contributed by atoms with Crippen LogP contribution in [0.1, 0.15) is 42.4 Å². The van der Waals surface area contributed by atoms with Crippen LogP contribution in [0.3, 0.4) is 0 Å². The fraction of sp³-hybridized carbons (Fsp3) is 0.353. The molecule has 1 heterocycles. The molecule has 24 heavy (non-hydrogen) atoms.